The van der Waals surface area contributed by atoms with Crippen LogP contribution in [0.5, 0.6) is 0 Å². The van der Waals surface area contributed by atoms with E-state index in [9.17, 15) is 14.9 Å². The van der Waals surface area contributed by atoms with Crippen molar-refractivity contribution < 1.29 is 14.1 Å². The number of carbonyl (C=O) groups excluding carboxylic acids is 1. The number of aryl methyl sites for hydroxylation is 1. The molecule has 2 aliphatic rings. The first-order valence-corrected chi connectivity index (χ1v) is 9.25. The molecular weight excluding hydrogens is 374 g/mol. The van der Waals surface area contributed by atoms with Crippen molar-refractivity contribution in [2.45, 2.75) is 31.7 Å². The second kappa shape index (κ2) is 6.40. The van der Waals surface area contributed by atoms with Crippen LogP contribution in [0.2, 0.25) is 0 Å². The van der Waals surface area contributed by atoms with Crippen LogP contribution in [0.15, 0.2) is 58.3 Å². The number of hydrogen-bond donors (Lipinski definition) is 1. The first kappa shape index (κ1) is 17.4. The number of allylic oxidation sites excluding steroid dienone is 2. The Balaban J connectivity index is 1.65. The van der Waals surface area contributed by atoms with Gasteiger partial charge in [-0.1, -0.05) is 12.1 Å². The van der Waals surface area contributed by atoms with Gasteiger partial charge >= 0.3 is 0 Å². The summed E-state index contributed by atoms with van der Waals surface area (Å²) in [7, 11) is 0. The fourth-order valence-corrected chi connectivity index (χ4v) is 4.16. The molecule has 1 aliphatic heterocycles. The molecule has 146 valence electrons. The standard InChI is InChI=1S/C20H17N5O4/c1-11-21-20-22-15-9-13(17-6-3-7-29-17)10-16(26)18(15)19(24(20)23-11)12-4-2-5-14(8-12)25(27)28/h2-8,13,19H,9-10H2,1H3,(H,21,22,23)/t13-,19-/m0/s1. The third kappa shape index (κ3) is 2.82. The lowest BCUT2D eigenvalue weighted by Crippen LogP contribution is -2.33. The van der Waals surface area contributed by atoms with Gasteiger partial charge in [0.2, 0.25) is 5.95 Å². The lowest BCUT2D eigenvalue weighted by molar-refractivity contribution is -0.384. The predicted octanol–water partition coefficient (Wildman–Crippen LogP) is 3.50. The van der Waals surface area contributed by atoms with Crippen LogP contribution < -0.4 is 5.32 Å². The normalized spacial score (nSPS) is 20.8. The first-order valence-electron chi connectivity index (χ1n) is 9.25. The minimum atomic E-state index is -0.563. The molecule has 3 aromatic rings. The van der Waals surface area contributed by atoms with Crippen LogP contribution in [-0.4, -0.2) is 25.5 Å². The molecule has 0 radical (unpaired) electrons. The number of Topliss-reactive ketones (excluding diaryl/α,β-unsaturated/α-hetero) is 1. The van der Waals surface area contributed by atoms with Gasteiger partial charge in [0.25, 0.3) is 5.69 Å². The predicted molar refractivity (Wildman–Crippen MR) is 102 cm³/mol. The Bertz CT molecular complexity index is 1160. The number of benzene rings is 1. The van der Waals surface area contributed by atoms with Crippen molar-refractivity contribution in [1.29, 1.82) is 0 Å². The molecule has 0 saturated heterocycles. The summed E-state index contributed by atoms with van der Waals surface area (Å²) in [6.45, 7) is 1.77. The summed E-state index contributed by atoms with van der Waals surface area (Å²) in [5.74, 6) is 1.74. The zero-order valence-electron chi connectivity index (χ0n) is 15.5. The van der Waals surface area contributed by atoms with E-state index in [0.29, 0.717) is 35.8 Å². The van der Waals surface area contributed by atoms with Crippen LogP contribution in [0.4, 0.5) is 11.6 Å². The number of ketones is 1. The van der Waals surface area contributed by atoms with E-state index in [0.717, 1.165) is 11.5 Å². The van der Waals surface area contributed by atoms with E-state index in [2.05, 4.69) is 15.4 Å². The van der Waals surface area contributed by atoms with Crippen LogP contribution in [0, 0.1) is 17.0 Å². The molecule has 2 aromatic heterocycles. The van der Waals surface area contributed by atoms with Gasteiger partial charge in [0.15, 0.2) is 5.78 Å². The van der Waals surface area contributed by atoms with Crippen molar-refractivity contribution in [3.63, 3.8) is 0 Å². The van der Waals surface area contributed by atoms with Gasteiger partial charge in [-0.3, -0.25) is 14.9 Å². The van der Waals surface area contributed by atoms with Crippen molar-refractivity contribution in [1.82, 2.24) is 14.8 Å². The fourth-order valence-electron chi connectivity index (χ4n) is 4.16. The van der Waals surface area contributed by atoms with E-state index < -0.39 is 11.0 Å². The van der Waals surface area contributed by atoms with Crippen LogP contribution in [0.3, 0.4) is 0 Å². The third-order valence-corrected chi connectivity index (χ3v) is 5.37. The van der Waals surface area contributed by atoms with Crippen molar-refractivity contribution in [3.05, 3.63) is 81.2 Å². The molecule has 0 bridgehead atoms. The number of rotatable bonds is 3. The highest BCUT2D eigenvalue weighted by atomic mass is 16.6. The van der Waals surface area contributed by atoms with Crippen molar-refractivity contribution >= 4 is 17.4 Å². The molecule has 2 atom stereocenters. The highest BCUT2D eigenvalue weighted by Gasteiger charge is 2.40. The third-order valence-electron chi connectivity index (χ3n) is 5.37. The first-order chi connectivity index (χ1) is 14.0. The van der Waals surface area contributed by atoms with E-state index in [1.165, 1.54) is 12.1 Å². The SMILES string of the molecule is Cc1nc2n(n1)[C@@H](c1cccc([N+](=O)[O-])c1)C1=C(C[C@H](c3ccco3)CC1=O)N2. The van der Waals surface area contributed by atoms with Gasteiger partial charge in [-0.15, -0.1) is 0 Å². The van der Waals surface area contributed by atoms with E-state index in [1.807, 2.05) is 12.1 Å². The van der Waals surface area contributed by atoms with Crippen LogP contribution in [0.25, 0.3) is 0 Å². The van der Waals surface area contributed by atoms with Gasteiger partial charge in [-0.2, -0.15) is 10.1 Å². The van der Waals surface area contributed by atoms with E-state index in [4.69, 9.17) is 4.42 Å². The summed E-state index contributed by atoms with van der Waals surface area (Å²) in [6.07, 6.45) is 2.50. The number of aromatic nitrogens is 3. The summed E-state index contributed by atoms with van der Waals surface area (Å²) < 4.78 is 7.15. The van der Waals surface area contributed by atoms with Gasteiger partial charge in [-0.05, 0) is 31.0 Å². The zero-order valence-corrected chi connectivity index (χ0v) is 15.5. The molecule has 5 rings (SSSR count). The molecule has 9 nitrogen and oxygen atoms in total. The number of anilines is 1. The molecular formula is C20H17N5O4. The maximum absolute atomic E-state index is 13.2. The smallest absolute Gasteiger partial charge is 0.269 e. The summed E-state index contributed by atoms with van der Waals surface area (Å²) in [5, 5.41) is 19.0. The number of non-ortho nitro benzene ring substituents is 1. The monoisotopic (exact) mass is 391 g/mol. The molecule has 29 heavy (non-hydrogen) atoms. The number of carbonyl (C=O) groups is 1. The van der Waals surface area contributed by atoms with E-state index in [-0.39, 0.29) is 17.4 Å². The number of hydrogen-bond acceptors (Lipinski definition) is 7. The molecule has 3 heterocycles. The van der Waals surface area contributed by atoms with Gasteiger partial charge in [-0.25, -0.2) is 4.68 Å². The Morgan fingerprint density at radius 3 is 2.90 bits per heavy atom. The van der Waals surface area contributed by atoms with Crippen molar-refractivity contribution in [3.8, 4) is 0 Å². The highest BCUT2D eigenvalue weighted by Crippen LogP contribution is 2.44. The van der Waals surface area contributed by atoms with Gasteiger partial charge < -0.3 is 9.73 Å². The van der Waals surface area contributed by atoms with E-state index >= 15 is 0 Å². The van der Waals surface area contributed by atoms with Gasteiger partial charge in [0.1, 0.15) is 17.6 Å². The Hall–Kier alpha value is -3.75. The Labute approximate surface area is 165 Å². The average molecular weight is 391 g/mol. The van der Waals surface area contributed by atoms with E-state index in [1.54, 1.807) is 30.0 Å². The lowest BCUT2D eigenvalue weighted by atomic mass is 9.79. The Morgan fingerprint density at radius 2 is 2.14 bits per heavy atom. The van der Waals surface area contributed by atoms with Crippen molar-refractivity contribution in [2.24, 2.45) is 0 Å². The average Bonchev–Trinajstić information content (AvgIpc) is 3.35. The largest absolute Gasteiger partial charge is 0.469 e. The molecule has 0 unspecified atom stereocenters. The zero-order chi connectivity index (χ0) is 20.1. The molecule has 0 spiro atoms. The lowest BCUT2D eigenvalue weighted by Gasteiger charge is -2.34. The summed E-state index contributed by atoms with van der Waals surface area (Å²) in [5.41, 5.74) is 1.94. The van der Waals surface area contributed by atoms with Crippen molar-refractivity contribution in [2.75, 3.05) is 5.32 Å². The molecule has 1 aromatic carbocycles. The number of nitro groups is 1. The topological polar surface area (TPSA) is 116 Å². The highest BCUT2D eigenvalue weighted by molar-refractivity contribution is 6.00. The number of nitrogens with one attached hydrogen (secondary N) is 1. The Morgan fingerprint density at radius 1 is 1.28 bits per heavy atom. The summed E-state index contributed by atoms with van der Waals surface area (Å²) >= 11 is 0. The van der Waals surface area contributed by atoms with Crippen LogP contribution in [-0.2, 0) is 4.79 Å². The maximum Gasteiger partial charge on any atom is 0.269 e. The molecule has 1 N–H and O–H groups in total. The number of nitrogens with zero attached hydrogens (tertiary/aromatic N) is 4. The number of furan rings is 1. The van der Waals surface area contributed by atoms with Gasteiger partial charge in [0.05, 0.1) is 11.2 Å². The van der Waals surface area contributed by atoms with Crippen LogP contribution >= 0.6 is 0 Å². The fraction of sp³-hybridized carbons (Fsp3) is 0.250. The maximum atomic E-state index is 13.2. The second-order valence-corrected chi connectivity index (χ2v) is 7.24. The molecule has 9 heteroatoms. The minimum absolute atomic E-state index is 0.0294. The second-order valence-electron chi connectivity index (χ2n) is 7.24. The Kier molecular flexibility index (Phi) is 3.83. The molecule has 0 amide bonds. The molecule has 0 saturated carbocycles. The minimum Gasteiger partial charge on any atom is -0.469 e. The van der Waals surface area contributed by atoms with Gasteiger partial charge in [0, 0.05) is 35.7 Å². The molecule has 0 fully saturated rings. The number of nitro benzene ring substituents is 1. The summed E-state index contributed by atoms with van der Waals surface area (Å²) in [4.78, 5) is 28.5. The number of fused-ring (bicyclic) bond motifs is 1. The van der Waals surface area contributed by atoms with Crippen LogP contribution in [0.1, 0.15) is 41.9 Å². The molecule has 1 aliphatic carbocycles. The quantitative estimate of drug-likeness (QED) is 0.536. The summed E-state index contributed by atoms with van der Waals surface area (Å²) in [6, 6.07) is 9.45.